The van der Waals surface area contributed by atoms with Crippen LogP contribution in [0.1, 0.15) is 6.92 Å². The average molecular weight is 168 g/mol. The molecule has 0 N–H and O–H groups in total. The minimum atomic E-state index is -0.191. The molecule has 0 spiro atoms. The van der Waals surface area contributed by atoms with Gasteiger partial charge in [0.1, 0.15) is 0 Å². The fourth-order valence-corrected chi connectivity index (χ4v) is 0.987. The highest BCUT2D eigenvalue weighted by Crippen LogP contribution is 2.01. The topological polar surface area (TPSA) is 44.1 Å². The SMILES string of the molecule is COC(=O)C(C)Cn1ccnc1. The third-order valence-corrected chi connectivity index (χ3v) is 1.65. The average Bonchev–Trinajstić information content (AvgIpc) is 2.55. The summed E-state index contributed by atoms with van der Waals surface area (Å²) in [6.07, 6.45) is 5.18. The zero-order valence-corrected chi connectivity index (χ0v) is 7.23. The van der Waals surface area contributed by atoms with Crippen LogP contribution in [0.3, 0.4) is 0 Å². The van der Waals surface area contributed by atoms with Gasteiger partial charge in [0, 0.05) is 18.9 Å². The Bertz CT molecular complexity index is 244. The van der Waals surface area contributed by atoms with Gasteiger partial charge in [-0.05, 0) is 0 Å². The Balaban J connectivity index is 2.47. The van der Waals surface area contributed by atoms with Gasteiger partial charge in [-0.15, -0.1) is 0 Å². The van der Waals surface area contributed by atoms with E-state index in [2.05, 4.69) is 9.72 Å². The molecule has 0 amide bonds. The first kappa shape index (κ1) is 8.77. The van der Waals surface area contributed by atoms with E-state index in [4.69, 9.17) is 0 Å². The Labute approximate surface area is 71.2 Å². The molecular formula is C8H12N2O2. The second-order valence-corrected chi connectivity index (χ2v) is 2.68. The van der Waals surface area contributed by atoms with Crippen LogP contribution in [0.15, 0.2) is 18.7 Å². The highest BCUT2D eigenvalue weighted by atomic mass is 16.5. The summed E-state index contributed by atoms with van der Waals surface area (Å²) < 4.78 is 6.44. The summed E-state index contributed by atoms with van der Waals surface area (Å²) in [5.41, 5.74) is 0. The summed E-state index contributed by atoms with van der Waals surface area (Å²) in [6, 6.07) is 0. The lowest BCUT2D eigenvalue weighted by molar-refractivity contribution is -0.145. The van der Waals surface area contributed by atoms with Crippen LogP contribution in [0, 0.1) is 5.92 Å². The molecule has 4 nitrogen and oxygen atoms in total. The zero-order valence-electron chi connectivity index (χ0n) is 7.23. The van der Waals surface area contributed by atoms with Gasteiger partial charge in [0.2, 0.25) is 0 Å². The first-order valence-corrected chi connectivity index (χ1v) is 3.77. The fraction of sp³-hybridized carbons (Fsp3) is 0.500. The number of esters is 1. The maximum absolute atomic E-state index is 11.0. The fourth-order valence-electron chi connectivity index (χ4n) is 0.987. The Kier molecular flexibility index (Phi) is 2.85. The third-order valence-electron chi connectivity index (χ3n) is 1.65. The number of carbonyl (C=O) groups is 1. The summed E-state index contributed by atoms with van der Waals surface area (Å²) in [6.45, 7) is 2.44. The van der Waals surface area contributed by atoms with Gasteiger partial charge < -0.3 is 9.30 Å². The highest BCUT2D eigenvalue weighted by Gasteiger charge is 2.12. The smallest absolute Gasteiger partial charge is 0.310 e. The van der Waals surface area contributed by atoms with Gasteiger partial charge in [-0.1, -0.05) is 6.92 Å². The van der Waals surface area contributed by atoms with Gasteiger partial charge in [0.05, 0.1) is 19.4 Å². The molecule has 0 aliphatic heterocycles. The minimum absolute atomic E-state index is 0.121. The lowest BCUT2D eigenvalue weighted by atomic mass is 10.2. The van der Waals surface area contributed by atoms with Crippen LogP contribution in [0.4, 0.5) is 0 Å². The van der Waals surface area contributed by atoms with Gasteiger partial charge in [-0.3, -0.25) is 4.79 Å². The number of aromatic nitrogens is 2. The summed E-state index contributed by atoms with van der Waals surface area (Å²) in [5, 5.41) is 0. The number of hydrogen-bond donors (Lipinski definition) is 0. The standard InChI is InChI=1S/C8H12N2O2/c1-7(8(11)12-2)5-10-4-3-9-6-10/h3-4,6-7H,5H2,1-2H3. The van der Waals surface area contributed by atoms with E-state index in [0.717, 1.165) is 0 Å². The van der Waals surface area contributed by atoms with Crippen molar-refractivity contribution in [1.29, 1.82) is 0 Å². The molecule has 4 heteroatoms. The van der Waals surface area contributed by atoms with E-state index in [1.807, 2.05) is 17.7 Å². The quantitative estimate of drug-likeness (QED) is 0.624. The van der Waals surface area contributed by atoms with Crippen molar-refractivity contribution >= 4 is 5.97 Å². The first-order chi connectivity index (χ1) is 5.74. The molecule has 0 fully saturated rings. The Hall–Kier alpha value is -1.32. The van der Waals surface area contributed by atoms with E-state index >= 15 is 0 Å². The van der Waals surface area contributed by atoms with Crippen LogP contribution in [0.5, 0.6) is 0 Å². The molecule has 12 heavy (non-hydrogen) atoms. The largest absolute Gasteiger partial charge is 0.469 e. The Morgan fingerprint density at radius 3 is 3.00 bits per heavy atom. The first-order valence-electron chi connectivity index (χ1n) is 3.77. The lowest BCUT2D eigenvalue weighted by Gasteiger charge is -2.08. The van der Waals surface area contributed by atoms with Crippen molar-refractivity contribution in [1.82, 2.24) is 9.55 Å². The summed E-state index contributed by atoms with van der Waals surface area (Å²) in [5.74, 6) is -0.312. The van der Waals surface area contributed by atoms with E-state index in [-0.39, 0.29) is 11.9 Å². The Morgan fingerprint density at radius 2 is 2.50 bits per heavy atom. The molecule has 66 valence electrons. The molecule has 1 heterocycles. The number of carbonyl (C=O) groups excluding carboxylic acids is 1. The van der Waals surface area contributed by atoms with Crippen LogP contribution in [-0.2, 0) is 16.1 Å². The van der Waals surface area contributed by atoms with Crippen LogP contribution in [-0.4, -0.2) is 22.6 Å². The van der Waals surface area contributed by atoms with Crippen LogP contribution in [0.2, 0.25) is 0 Å². The molecule has 1 atom stereocenters. The maximum Gasteiger partial charge on any atom is 0.310 e. The van der Waals surface area contributed by atoms with Crippen LogP contribution in [0.25, 0.3) is 0 Å². The molecule has 1 aromatic heterocycles. The number of imidazole rings is 1. The molecule has 0 aliphatic rings. The van der Waals surface area contributed by atoms with Crippen LogP contribution < -0.4 is 0 Å². The molecule has 0 saturated heterocycles. The second-order valence-electron chi connectivity index (χ2n) is 2.68. The number of rotatable bonds is 3. The van der Waals surface area contributed by atoms with Crippen LogP contribution >= 0.6 is 0 Å². The predicted octanol–water partition coefficient (Wildman–Crippen LogP) is 0.692. The summed E-state index contributed by atoms with van der Waals surface area (Å²) in [7, 11) is 1.40. The molecule has 0 aliphatic carbocycles. The van der Waals surface area contributed by atoms with Crippen molar-refractivity contribution in [3.8, 4) is 0 Å². The van der Waals surface area contributed by atoms with E-state index in [9.17, 15) is 4.79 Å². The van der Waals surface area contributed by atoms with Gasteiger partial charge in [0.25, 0.3) is 0 Å². The third kappa shape index (κ3) is 2.08. The van der Waals surface area contributed by atoms with Gasteiger partial charge >= 0.3 is 5.97 Å². The number of nitrogens with zero attached hydrogens (tertiary/aromatic N) is 2. The van der Waals surface area contributed by atoms with E-state index in [0.29, 0.717) is 6.54 Å². The molecular weight excluding hydrogens is 156 g/mol. The van der Waals surface area contributed by atoms with E-state index in [1.54, 1.807) is 12.5 Å². The summed E-state index contributed by atoms with van der Waals surface area (Å²) >= 11 is 0. The number of methoxy groups -OCH3 is 1. The van der Waals surface area contributed by atoms with Gasteiger partial charge in [-0.25, -0.2) is 4.98 Å². The van der Waals surface area contributed by atoms with Crippen molar-refractivity contribution in [3.63, 3.8) is 0 Å². The lowest BCUT2D eigenvalue weighted by Crippen LogP contribution is -2.17. The molecule has 1 aromatic rings. The maximum atomic E-state index is 11.0. The van der Waals surface area contributed by atoms with E-state index < -0.39 is 0 Å². The number of ether oxygens (including phenoxy) is 1. The number of hydrogen-bond acceptors (Lipinski definition) is 3. The molecule has 0 bridgehead atoms. The minimum Gasteiger partial charge on any atom is -0.469 e. The highest BCUT2D eigenvalue weighted by molar-refractivity contribution is 5.71. The molecule has 1 unspecified atom stereocenters. The van der Waals surface area contributed by atoms with E-state index in [1.165, 1.54) is 7.11 Å². The van der Waals surface area contributed by atoms with Crippen molar-refractivity contribution in [2.24, 2.45) is 5.92 Å². The molecule has 0 radical (unpaired) electrons. The summed E-state index contributed by atoms with van der Waals surface area (Å²) in [4.78, 5) is 14.9. The molecule has 1 rings (SSSR count). The van der Waals surface area contributed by atoms with Crippen molar-refractivity contribution in [2.45, 2.75) is 13.5 Å². The zero-order chi connectivity index (χ0) is 8.97. The molecule has 0 saturated carbocycles. The van der Waals surface area contributed by atoms with Crippen molar-refractivity contribution in [2.75, 3.05) is 7.11 Å². The van der Waals surface area contributed by atoms with Gasteiger partial charge in [0.15, 0.2) is 0 Å². The van der Waals surface area contributed by atoms with Gasteiger partial charge in [-0.2, -0.15) is 0 Å². The Morgan fingerprint density at radius 1 is 1.75 bits per heavy atom. The monoisotopic (exact) mass is 168 g/mol. The van der Waals surface area contributed by atoms with Crippen molar-refractivity contribution in [3.05, 3.63) is 18.7 Å². The predicted molar refractivity (Wildman–Crippen MR) is 43.4 cm³/mol. The van der Waals surface area contributed by atoms with Crippen molar-refractivity contribution < 1.29 is 9.53 Å². The normalized spacial score (nSPS) is 12.5. The molecule has 0 aromatic carbocycles. The second kappa shape index (κ2) is 3.90.